The number of ketones is 1. The molecule has 1 heterocycles. The molecule has 0 aliphatic heterocycles. The van der Waals surface area contributed by atoms with Crippen molar-refractivity contribution in [3.8, 4) is 5.69 Å². The first-order valence-electron chi connectivity index (χ1n) is 11.0. The molecule has 0 radical (unpaired) electrons. The molecule has 1 aromatic heterocycles. The normalized spacial score (nSPS) is 18.0. The summed E-state index contributed by atoms with van der Waals surface area (Å²) >= 11 is 0. The van der Waals surface area contributed by atoms with E-state index in [-0.39, 0.29) is 17.1 Å². The number of amides is 1. The zero-order chi connectivity index (χ0) is 21.3. The lowest BCUT2D eigenvalue weighted by Gasteiger charge is -2.29. The number of hydrogen-bond acceptors (Lipinski definition) is 3. The molecule has 158 valence electrons. The minimum absolute atomic E-state index is 0.0482. The number of nitrogens with zero attached hydrogens (tertiary/aromatic N) is 2. The van der Waals surface area contributed by atoms with Crippen LogP contribution in [0.1, 0.15) is 84.5 Å². The van der Waals surface area contributed by atoms with Crippen LogP contribution in [0.5, 0.6) is 0 Å². The highest BCUT2D eigenvalue weighted by atomic mass is 16.1. The number of Topliss-reactive ketones (excluding diaryl/α,β-unsaturated/α-hetero) is 1. The molecule has 1 N–H and O–H groups in total. The third kappa shape index (κ3) is 4.25. The summed E-state index contributed by atoms with van der Waals surface area (Å²) in [6.45, 7) is 6.82. The predicted molar refractivity (Wildman–Crippen MR) is 118 cm³/mol. The van der Waals surface area contributed by atoms with Crippen molar-refractivity contribution in [1.29, 1.82) is 0 Å². The lowest BCUT2D eigenvalue weighted by Crippen LogP contribution is -2.28. The maximum absolute atomic E-state index is 12.6. The first-order valence-corrected chi connectivity index (χ1v) is 11.0. The largest absolute Gasteiger partial charge is 0.352 e. The molecule has 2 aliphatic rings. The molecule has 0 fully saturated rings. The van der Waals surface area contributed by atoms with Crippen molar-refractivity contribution >= 4 is 11.7 Å². The fourth-order valence-corrected chi connectivity index (χ4v) is 4.68. The smallest absolute Gasteiger partial charge is 0.251 e. The summed E-state index contributed by atoms with van der Waals surface area (Å²) in [6.07, 6.45) is 9.51. The van der Waals surface area contributed by atoms with Gasteiger partial charge in [0.2, 0.25) is 0 Å². The second-order valence-electron chi connectivity index (χ2n) is 9.42. The molecule has 0 bridgehead atoms. The number of fused-ring (bicyclic) bond motifs is 1. The Morgan fingerprint density at radius 2 is 1.93 bits per heavy atom. The van der Waals surface area contributed by atoms with Gasteiger partial charge in [-0.2, -0.15) is 5.10 Å². The second-order valence-corrected chi connectivity index (χ2v) is 9.42. The summed E-state index contributed by atoms with van der Waals surface area (Å²) in [5.74, 6) is 0.127. The topological polar surface area (TPSA) is 64.0 Å². The number of aryl methyl sites for hydroxylation is 1. The molecule has 0 saturated carbocycles. The summed E-state index contributed by atoms with van der Waals surface area (Å²) in [6, 6.07) is 7.50. The Morgan fingerprint density at radius 1 is 1.17 bits per heavy atom. The van der Waals surface area contributed by atoms with E-state index in [1.165, 1.54) is 24.8 Å². The van der Waals surface area contributed by atoms with Gasteiger partial charge in [-0.1, -0.05) is 25.5 Å². The van der Waals surface area contributed by atoms with Gasteiger partial charge in [0.15, 0.2) is 5.78 Å². The zero-order valence-corrected chi connectivity index (χ0v) is 18.3. The van der Waals surface area contributed by atoms with E-state index in [0.717, 1.165) is 41.9 Å². The third-order valence-electron chi connectivity index (χ3n) is 6.21. The number of nitrogens with one attached hydrogen (secondary N) is 1. The summed E-state index contributed by atoms with van der Waals surface area (Å²) in [5, 5.41) is 7.67. The van der Waals surface area contributed by atoms with E-state index in [0.29, 0.717) is 18.5 Å². The lowest BCUT2D eigenvalue weighted by molar-refractivity contribution is 0.0908. The highest BCUT2D eigenvalue weighted by molar-refractivity contribution is 6.00. The van der Waals surface area contributed by atoms with Crippen molar-refractivity contribution in [3.63, 3.8) is 0 Å². The van der Waals surface area contributed by atoms with E-state index < -0.39 is 0 Å². The van der Waals surface area contributed by atoms with Crippen LogP contribution in [0.4, 0.5) is 0 Å². The highest BCUT2D eigenvalue weighted by Crippen LogP contribution is 2.36. The summed E-state index contributed by atoms with van der Waals surface area (Å²) < 4.78 is 1.88. The van der Waals surface area contributed by atoms with Crippen LogP contribution in [0.2, 0.25) is 0 Å². The molecule has 1 aromatic carbocycles. The fourth-order valence-electron chi connectivity index (χ4n) is 4.68. The van der Waals surface area contributed by atoms with Crippen LogP contribution < -0.4 is 5.32 Å². The molecular formula is C25H31N3O2. The first kappa shape index (κ1) is 20.6. The highest BCUT2D eigenvalue weighted by Gasteiger charge is 2.35. The van der Waals surface area contributed by atoms with Gasteiger partial charge in [0.05, 0.1) is 22.6 Å². The molecule has 0 atom stereocenters. The van der Waals surface area contributed by atoms with Crippen LogP contribution in [0.3, 0.4) is 0 Å². The Morgan fingerprint density at radius 3 is 2.63 bits per heavy atom. The van der Waals surface area contributed by atoms with Crippen molar-refractivity contribution in [2.24, 2.45) is 5.41 Å². The Kier molecular flexibility index (Phi) is 5.63. The van der Waals surface area contributed by atoms with Crippen molar-refractivity contribution in [2.75, 3.05) is 6.54 Å². The Balaban J connectivity index is 1.46. The van der Waals surface area contributed by atoms with E-state index in [2.05, 4.69) is 30.3 Å². The predicted octanol–water partition coefficient (Wildman–Crippen LogP) is 4.96. The average molecular weight is 406 g/mol. The quantitative estimate of drug-likeness (QED) is 0.716. The van der Waals surface area contributed by atoms with Gasteiger partial charge in [-0.25, -0.2) is 4.68 Å². The van der Waals surface area contributed by atoms with Crippen molar-refractivity contribution in [1.82, 2.24) is 15.1 Å². The van der Waals surface area contributed by atoms with Gasteiger partial charge in [-0.15, -0.1) is 0 Å². The van der Waals surface area contributed by atoms with Gasteiger partial charge < -0.3 is 5.32 Å². The summed E-state index contributed by atoms with van der Waals surface area (Å²) in [5.41, 5.74) is 5.46. The molecule has 2 aromatic rings. The van der Waals surface area contributed by atoms with Crippen LogP contribution in [0.25, 0.3) is 5.69 Å². The van der Waals surface area contributed by atoms with Gasteiger partial charge in [0, 0.05) is 18.5 Å². The molecule has 0 spiro atoms. The van der Waals surface area contributed by atoms with Crippen molar-refractivity contribution in [3.05, 3.63) is 58.4 Å². The molecular weight excluding hydrogens is 374 g/mol. The number of hydrogen-bond donors (Lipinski definition) is 1. The molecule has 4 rings (SSSR count). The standard InChI is InChI=1S/C25H31N3O2/c1-17-23-21(15-25(2,3)16-22(23)29)28(27-17)20-11-9-19(10-12-20)24(30)26-14-13-18-7-5-4-6-8-18/h7,9-12H,4-6,8,13-16H2,1-3H3,(H,26,30). The number of benzene rings is 1. The molecule has 2 aliphatic carbocycles. The van der Waals surface area contributed by atoms with Crippen LogP contribution in [0, 0.1) is 12.3 Å². The SMILES string of the molecule is Cc1nn(-c2ccc(C(=O)NCCC3=CCCCC3)cc2)c2c1C(=O)CC(C)(C)C2. The van der Waals surface area contributed by atoms with E-state index in [9.17, 15) is 9.59 Å². The van der Waals surface area contributed by atoms with E-state index in [4.69, 9.17) is 0 Å². The number of allylic oxidation sites excluding steroid dienone is 1. The molecule has 0 unspecified atom stereocenters. The molecule has 5 nitrogen and oxygen atoms in total. The van der Waals surface area contributed by atoms with Gasteiger partial charge in [0.25, 0.3) is 5.91 Å². The van der Waals surface area contributed by atoms with Gasteiger partial charge in [0.1, 0.15) is 0 Å². The Labute approximate surface area is 178 Å². The third-order valence-corrected chi connectivity index (χ3v) is 6.21. The number of carbonyl (C=O) groups is 2. The monoisotopic (exact) mass is 405 g/mol. The molecule has 5 heteroatoms. The van der Waals surface area contributed by atoms with E-state index >= 15 is 0 Å². The Hall–Kier alpha value is -2.69. The summed E-state index contributed by atoms with van der Waals surface area (Å²) in [4.78, 5) is 25.1. The molecule has 1 amide bonds. The maximum atomic E-state index is 12.6. The lowest BCUT2D eigenvalue weighted by atomic mass is 9.75. The van der Waals surface area contributed by atoms with Crippen LogP contribution in [0.15, 0.2) is 35.9 Å². The van der Waals surface area contributed by atoms with Gasteiger partial charge in [-0.05, 0) is 75.1 Å². The number of rotatable bonds is 5. The first-order chi connectivity index (χ1) is 14.3. The van der Waals surface area contributed by atoms with Crippen LogP contribution in [-0.2, 0) is 6.42 Å². The van der Waals surface area contributed by atoms with E-state index in [1.807, 2.05) is 35.9 Å². The summed E-state index contributed by atoms with van der Waals surface area (Å²) in [7, 11) is 0. The minimum atomic E-state index is -0.0676. The molecule has 0 saturated heterocycles. The number of aromatic nitrogens is 2. The zero-order valence-electron chi connectivity index (χ0n) is 18.3. The van der Waals surface area contributed by atoms with E-state index in [1.54, 1.807) is 0 Å². The van der Waals surface area contributed by atoms with Crippen molar-refractivity contribution in [2.45, 2.75) is 65.7 Å². The van der Waals surface area contributed by atoms with Crippen LogP contribution >= 0.6 is 0 Å². The van der Waals surface area contributed by atoms with Gasteiger partial charge >= 0.3 is 0 Å². The fraction of sp³-hybridized carbons (Fsp3) is 0.480. The Bertz CT molecular complexity index is 996. The average Bonchev–Trinajstić information content (AvgIpc) is 3.04. The van der Waals surface area contributed by atoms with Crippen molar-refractivity contribution < 1.29 is 9.59 Å². The number of carbonyl (C=O) groups excluding carboxylic acids is 2. The van der Waals surface area contributed by atoms with Gasteiger partial charge in [-0.3, -0.25) is 9.59 Å². The maximum Gasteiger partial charge on any atom is 0.251 e. The minimum Gasteiger partial charge on any atom is -0.352 e. The molecule has 30 heavy (non-hydrogen) atoms. The van der Waals surface area contributed by atoms with Crippen LogP contribution in [-0.4, -0.2) is 28.0 Å². The second kappa shape index (κ2) is 8.21.